The van der Waals surface area contributed by atoms with Crippen molar-refractivity contribution in [3.63, 3.8) is 0 Å². The molecule has 1 aromatic rings. The number of nitrogens with one attached hydrogen (secondary N) is 1. The molecule has 0 saturated heterocycles. The van der Waals surface area contributed by atoms with Gasteiger partial charge in [-0.3, -0.25) is 10.1 Å². The molecule has 19 heavy (non-hydrogen) atoms. The largest absolute Gasteiger partial charge is 0.380 e. The highest BCUT2D eigenvalue weighted by molar-refractivity contribution is 5.53. The fourth-order valence-corrected chi connectivity index (χ4v) is 2.06. The number of hydrogen-bond donors (Lipinski definition) is 1. The van der Waals surface area contributed by atoms with E-state index in [1.165, 1.54) is 0 Å². The number of benzene rings is 1. The van der Waals surface area contributed by atoms with E-state index in [-0.39, 0.29) is 17.8 Å². The maximum Gasteiger partial charge on any atom is 0.307 e. The maximum absolute atomic E-state index is 13.5. The molecule has 2 rings (SSSR count). The number of rotatable bonds is 5. The predicted octanol–water partition coefficient (Wildman–Crippen LogP) is 2.85. The summed E-state index contributed by atoms with van der Waals surface area (Å²) in [5.41, 5.74) is -0.780. The van der Waals surface area contributed by atoms with E-state index < -0.39 is 22.2 Å². The SMILES string of the molecule is CCOC1CC(Nc2cc([N+](=O)[O-])c(F)cc2F)C1. The summed E-state index contributed by atoms with van der Waals surface area (Å²) in [6.45, 7) is 2.51. The lowest BCUT2D eigenvalue weighted by atomic mass is 9.89. The van der Waals surface area contributed by atoms with Gasteiger partial charge in [0.05, 0.1) is 16.7 Å². The summed E-state index contributed by atoms with van der Waals surface area (Å²) in [4.78, 5) is 9.72. The molecule has 0 heterocycles. The number of nitro benzene ring substituents is 1. The van der Waals surface area contributed by atoms with Crippen LogP contribution in [0.5, 0.6) is 0 Å². The topological polar surface area (TPSA) is 64.4 Å². The van der Waals surface area contributed by atoms with Crippen molar-refractivity contribution in [2.24, 2.45) is 0 Å². The Morgan fingerprint density at radius 2 is 2.11 bits per heavy atom. The second kappa shape index (κ2) is 5.48. The van der Waals surface area contributed by atoms with E-state index >= 15 is 0 Å². The smallest absolute Gasteiger partial charge is 0.307 e. The first-order chi connectivity index (χ1) is 9.01. The van der Waals surface area contributed by atoms with Gasteiger partial charge in [-0.25, -0.2) is 4.39 Å². The minimum Gasteiger partial charge on any atom is -0.380 e. The van der Waals surface area contributed by atoms with E-state index in [0.717, 1.165) is 6.07 Å². The van der Waals surface area contributed by atoms with Crippen LogP contribution in [0.1, 0.15) is 19.8 Å². The normalized spacial score (nSPS) is 21.8. The van der Waals surface area contributed by atoms with Gasteiger partial charge >= 0.3 is 5.69 Å². The van der Waals surface area contributed by atoms with Gasteiger partial charge in [0.15, 0.2) is 0 Å². The Bertz CT molecular complexity index is 490. The van der Waals surface area contributed by atoms with E-state index in [9.17, 15) is 18.9 Å². The van der Waals surface area contributed by atoms with Gasteiger partial charge < -0.3 is 10.1 Å². The van der Waals surface area contributed by atoms with Crippen LogP contribution in [-0.4, -0.2) is 23.7 Å². The van der Waals surface area contributed by atoms with Crippen molar-refractivity contribution in [3.8, 4) is 0 Å². The molecule has 0 atom stereocenters. The molecule has 1 fully saturated rings. The fourth-order valence-electron chi connectivity index (χ4n) is 2.06. The summed E-state index contributed by atoms with van der Waals surface area (Å²) < 4.78 is 32.0. The third kappa shape index (κ3) is 2.98. The second-order valence-electron chi connectivity index (χ2n) is 4.43. The van der Waals surface area contributed by atoms with Crippen LogP contribution >= 0.6 is 0 Å². The molecule has 0 radical (unpaired) electrons. The molecule has 5 nitrogen and oxygen atoms in total. The van der Waals surface area contributed by atoms with Gasteiger partial charge in [-0.05, 0) is 19.8 Å². The van der Waals surface area contributed by atoms with Crippen LogP contribution in [0.25, 0.3) is 0 Å². The third-order valence-corrected chi connectivity index (χ3v) is 3.09. The summed E-state index contributed by atoms with van der Waals surface area (Å²) in [7, 11) is 0. The Labute approximate surface area is 108 Å². The van der Waals surface area contributed by atoms with Crippen molar-refractivity contribution in [2.45, 2.75) is 31.9 Å². The molecule has 104 valence electrons. The fraction of sp³-hybridized carbons (Fsp3) is 0.500. The summed E-state index contributed by atoms with van der Waals surface area (Å²) in [5.74, 6) is -2.00. The van der Waals surface area contributed by atoms with Gasteiger partial charge in [0.25, 0.3) is 0 Å². The molecule has 0 aliphatic heterocycles. The van der Waals surface area contributed by atoms with E-state index in [1.54, 1.807) is 0 Å². The summed E-state index contributed by atoms with van der Waals surface area (Å²) in [6, 6.07) is 1.41. The molecule has 1 aliphatic rings. The first kappa shape index (κ1) is 13.7. The monoisotopic (exact) mass is 272 g/mol. The van der Waals surface area contributed by atoms with Gasteiger partial charge in [-0.1, -0.05) is 0 Å². The van der Waals surface area contributed by atoms with Crippen molar-refractivity contribution in [2.75, 3.05) is 11.9 Å². The molecule has 0 bridgehead atoms. The van der Waals surface area contributed by atoms with Gasteiger partial charge in [-0.2, -0.15) is 4.39 Å². The van der Waals surface area contributed by atoms with Crippen molar-refractivity contribution in [3.05, 3.63) is 33.9 Å². The van der Waals surface area contributed by atoms with Crippen molar-refractivity contribution < 1.29 is 18.4 Å². The molecule has 1 aliphatic carbocycles. The lowest BCUT2D eigenvalue weighted by Crippen LogP contribution is -2.41. The Balaban J connectivity index is 2.05. The van der Waals surface area contributed by atoms with Crippen LogP contribution in [0.2, 0.25) is 0 Å². The Hall–Kier alpha value is -1.76. The Kier molecular flexibility index (Phi) is 3.94. The minimum absolute atomic E-state index is 0.00360. The molecular weight excluding hydrogens is 258 g/mol. The molecular formula is C12H14F2N2O3. The number of nitro groups is 1. The lowest BCUT2D eigenvalue weighted by molar-refractivity contribution is -0.387. The number of halogens is 2. The second-order valence-corrected chi connectivity index (χ2v) is 4.43. The van der Waals surface area contributed by atoms with Gasteiger partial charge in [0.1, 0.15) is 5.82 Å². The van der Waals surface area contributed by atoms with Gasteiger partial charge in [-0.15, -0.1) is 0 Å². The van der Waals surface area contributed by atoms with Gasteiger partial charge in [0, 0.05) is 24.8 Å². The van der Waals surface area contributed by atoms with E-state index in [4.69, 9.17) is 4.74 Å². The first-order valence-electron chi connectivity index (χ1n) is 6.02. The highest BCUT2D eigenvalue weighted by atomic mass is 19.1. The van der Waals surface area contributed by atoms with Gasteiger partial charge in [0.2, 0.25) is 5.82 Å². The van der Waals surface area contributed by atoms with Crippen molar-refractivity contribution in [1.82, 2.24) is 0 Å². The van der Waals surface area contributed by atoms with Crippen LogP contribution in [0, 0.1) is 21.7 Å². The van der Waals surface area contributed by atoms with E-state index in [2.05, 4.69) is 5.32 Å². The number of ether oxygens (including phenoxy) is 1. The zero-order chi connectivity index (χ0) is 14.0. The quantitative estimate of drug-likeness (QED) is 0.661. The molecule has 1 saturated carbocycles. The van der Waals surface area contributed by atoms with E-state index in [0.29, 0.717) is 25.5 Å². The average Bonchev–Trinajstić information content (AvgIpc) is 2.28. The third-order valence-electron chi connectivity index (χ3n) is 3.09. The van der Waals surface area contributed by atoms with E-state index in [1.807, 2.05) is 6.92 Å². The number of anilines is 1. The average molecular weight is 272 g/mol. The predicted molar refractivity (Wildman–Crippen MR) is 65.1 cm³/mol. The standard InChI is InChI=1S/C12H14F2N2O3/c1-2-19-8-3-7(4-8)15-11-6-12(16(17)18)10(14)5-9(11)13/h5-8,15H,2-4H2,1H3. The van der Waals surface area contributed by atoms with Crippen molar-refractivity contribution >= 4 is 11.4 Å². The Morgan fingerprint density at radius 1 is 1.42 bits per heavy atom. The minimum atomic E-state index is -1.17. The summed E-state index contributed by atoms with van der Waals surface area (Å²) >= 11 is 0. The van der Waals surface area contributed by atoms with Crippen LogP contribution in [-0.2, 0) is 4.74 Å². The summed E-state index contributed by atoms with van der Waals surface area (Å²) in [6.07, 6.45) is 1.55. The zero-order valence-electron chi connectivity index (χ0n) is 10.4. The molecule has 1 aromatic carbocycles. The molecule has 0 unspecified atom stereocenters. The number of hydrogen-bond acceptors (Lipinski definition) is 4. The zero-order valence-corrected chi connectivity index (χ0v) is 10.4. The molecule has 0 amide bonds. The van der Waals surface area contributed by atoms with Crippen molar-refractivity contribution in [1.29, 1.82) is 0 Å². The molecule has 0 aromatic heterocycles. The highest BCUT2D eigenvalue weighted by Crippen LogP contribution is 2.30. The van der Waals surface area contributed by atoms with Crippen LogP contribution in [0.15, 0.2) is 12.1 Å². The number of nitrogens with zero attached hydrogens (tertiary/aromatic N) is 1. The molecule has 1 N–H and O–H groups in total. The lowest BCUT2D eigenvalue weighted by Gasteiger charge is -2.36. The van der Waals surface area contributed by atoms with Crippen LogP contribution in [0.4, 0.5) is 20.2 Å². The van der Waals surface area contributed by atoms with Crippen LogP contribution in [0.3, 0.4) is 0 Å². The Morgan fingerprint density at radius 3 is 2.68 bits per heavy atom. The summed E-state index contributed by atoms with van der Waals surface area (Å²) in [5, 5.41) is 13.4. The molecule has 0 spiro atoms. The maximum atomic E-state index is 13.5. The first-order valence-corrected chi connectivity index (χ1v) is 6.02. The van der Waals surface area contributed by atoms with Crippen LogP contribution < -0.4 is 5.32 Å². The highest BCUT2D eigenvalue weighted by Gasteiger charge is 2.30. The molecule has 7 heteroatoms.